The maximum absolute atomic E-state index is 12.5. The van der Waals surface area contributed by atoms with Gasteiger partial charge in [-0.05, 0) is 50.8 Å². The number of amides is 2. The van der Waals surface area contributed by atoms with Gasteiger partial charge in [-0.2, -0.15) is 5.10 Å². The van der Waals surface area contributed by atoms with Crippen molar-refractivity contribution in [3.63, 3.8) is 0 Å². The van der Waals surface area contributed by atoms with Crippen LogP contribution in [0.2, 0.25) is 0 Å². The molecule has 0 unspecified atom stereocenters. The minimum atomic E-state index is -0.0253. The normalized spacial score (nSPS) is 14.3. The molecular weight excluding hydrogens is 340 g/mol. The van der Waals surface area contributed by atoms with E-state index >= 15 is 0 Å². The third kappa shape index (κ3) is 4.56. The zero-order chi connectivity index (χ0) is 19.4. The Kier molecular flexibility index (Phi) is 5.94. The molecule has 0 saturated carbocycles. The SMILES string of the molecule is Cc1nn(C)c(C)c1CC(=O)NCc1ccc(C(=O)N2CCCCC2)cc1. The third-order valence-corrected chi connectivity index (χ3v) is 5.33. The van der Waals surface area contributed by atoms with Gasteiger partial charge in [-0.25, -0.2) is 0 Å². The highest BCUT2D eigenvalue weighted by Crippen LogP contribution is 2.15. The average Bonchev–Trinajstić information content (AvgIpc) is 2.93. The van der Waals surface area contributed by atoms with Gasteiger partial charge in [0.05, 0.1) is 12.1 Å². The van der Waals surface area contributed by atoms with Crippen molar-refractivity contribution >= 4 is 11.8 Å². The lowest BCUT2D eigenvalue weighted by Crippen LogP contribution is -2.35. The van der Waals surface area contributed by atoms with E-state index in [-0.39, 0.29) is 11.8 Å². The lowest BCUT2D eigenvalue weighted by atomic mass is 10.1. The van der Waals surface area contributed by atoms with Crippen LogP contribution in [0.15, 0.2) is 24.3 Å². The number of hydrogen-bond acceptors (Lipinski definition) is 3. The van der Waals surface area contributed by atoms with Gasteiger partial charge in [0.25, 0.3) is 5.91 Å². The first kappa shape index (κ1) is 19.1. The van der Waals surface area contributed by atoms with Crippen LogP contribution in [0, 0.1) is 13.8 Å². The molecule has 0 radical (unpaired) electrons. The lowest BCUT2D eigenvalue weighted by Gasteiger charge is -2.26. The number of rotatable bonds is 5. The topological polar surface area (TPSA) is 67.2 Å². The highest BCUT2D eigenvalue weighted by atomic mass is 16.2. The van der Waals surface area contributed by atoms with Crippen molar-refractivity contribution in [2.24, 2.45) is 7.05 Å². The van der Waals surface area contributed by atoms with Crippen LogP contribution in [0.5, 0.6) is 0 Å². The Morgan fingerprint density at radius 3 is 2.33 bits per heavy atom. The molecule has 1 aliphatic rings. The summed E-state index contributed by atoms with van der Waals surface area (Å²) in [6, 6.07) is 7.54. The molecule has 1 aromatic heterocycles. The molecule has 27 heavy (non-hydrogen) atoms. The number of aryl methyl sites for hydroxylation is 2. The second-order valence-electron chi connectivity index (χ2n) is 7.28. The second-order valence-corrected chi connectivity index (χ2v) is 7.28. The molecule has 1 N–H and O–H groups in total. The summed E-state index contributed by atoms with van der Waals surface area (Å²) in [6.07, 6.45) is 3.72. The number of carbonyl (C=O) groups excluding carboxylic acids is 2. The van der Waals surface area contributed by atoms with Gasteiger partial charge in [-0.3, -0.25) is 14.3 Å². The van der Waals surface area contributed by atoms with Crippen molar-refractivity contribution in [2.75, 3.05) is 13.1 Å². The Balaban J connectivity index is 1.53. The van der Waals surface area contributed by atoms with E-state index in [1.807, 2.05) is 50.1 Å². The summed E-state index contributed by atoms with van der Waals surface area (Å²) in [5.74, 6) is 0.0792. The fourth-order valence-corrected chi connectivity index (χ4v) is 3.54. The minimum absolute atomic E-state index is 0.0253. The van der Waals surface area contributed by atoms with Gasteiger partial charge in [0.15, 0.2) is 0 Å². The molecule has 6 heteroatoms. The summed E-state index contributed by atoms with van der Waals surface area (Å²) >= 11 is 0. The van der Waals surface area contributed by atoms with Crippen LogP contribution in [0.3, 0.4) is 0 Å². The van der Waals surface area contributed by atoms with Crippen LogP contribution in [-0.4, -0.2) is 39.6 Å². The molecular formula is C21H28N4O2. The molecule has 1 fully saturated rings. The summed E-state index contributed by atoms with van der Waals surface area (Å²) < 4.78 is 1.80. The maximum atomic E-state index is 12.5. The standard InChI is InChI=1S/C21H28N4O2/c1-15-19(16(2)24(3)23-15)13-20(26)22-14-17-7-9-18(10-8-17)21(27)25-11-5-4-6-12-25/h7-10H,4-6,11-14H2,1-3H3,(H,22,26). The summed E-state index contributed by atoms with van der Waals surface area (Å²) in [5, 5.41) is 7.30. The summed E-state index contributed by atoms with van der Waals surface area (Å²) in [7, 11) is 1.89. The first-order chi connectivity index (χ1) is 13.0. The first-order valence-corrected chi connectivity index (χ1v) is 9.59. The van der Waals surface area contributed by atoms with E-state index in [0.29, 0.717) is 18.5 Å². The first-order valence-electron chi connectivity index (χ1n) is 9.59. The lowest BCUT2D eigenvalue weighted by molar-refractivity contribution is -0.120. The number of benzene rings is 1. The van der Waals surface area contributed by atoms with Crippen molar-refractivity contribution in [1.29, 1.82) is 0 Å². The van der Waals surface area contributed by atoms with E-state index < -0.39 is 0 Å². The molecule has 0 spiro atoms. The Morgan fingerprint density at radius 1 is 1.07 bits per heavy atom. The quantitative estimate of drug-likeness (QED) is 0.882. The van der Waals surface area contributed by atoms with Gasteiger partial charge < -0.3 is 10.2 Å². The fourth-order valence-electron chi connectivity index (χ4n) is 3.54. The van der Waals surface area contributed by atoms with Crippen LogP contribution >= 0.6 is 0 Å². The number of piperidine rings is 1. The molecule has 2 aromatic rings. The maximum Gasteiger partial charge on any atom is 0.253 e. The smallest absolute Gasteiger partial charge is 0.253 e. The molecule has 0 bridgehead atoms. The van der Waals surface area contributed by atoms with Gasteiger partial charge >= 0.3 is 0 Å². The summed E-state index contributed by atoms with van der Waals surface area (Å²) in [5.41, 5.74) is 4.60. The Morgan fingerprint density at radius 2 is 1.74 bits per heavy atom. The molecule has 1 saturated heterocycles. The predicted octanol–water partition coefficient (Wildman–Crippen LogP) is 2.52. The van der Waals surface area contributed by atoms with Gasteiger partial charge in [0.2, 0.25) is 5.91 Å². The van der Waals surface area contributed by atoms with Crippen LogP contribution in [0.25, 0.3) is 0 Å². The van der Waals surface area contributed by atoms with Gasteiger partial charge in [0, 0.05) is 43.5 Å². The van der Waals surface area contributed by atoms with Gasteiger partial charge in [-0.1, -0.05) is 12.1 Å². The Labute approximate surface area is 160 Å². The number of nitrogens with zero attached hydrogens (tertiary/aromatic N) is 3. The molecule has 1 aliphatic heterocycles. The molecule has 2 amide bonds. The van der Waals surface area contributed by atoms with E-state index in [1.54, 1.807) is 4.68 Å². The van der Waals surface area contributed by atoms with Crippen molar-refractivity contribution in [3.05, 3.63) is 52.3 Å². The van der Waals surface area contributed by atoms with Crippen LogP contribution in [-0.2, 0) is 24.8 Å². The van der Waals surface area contributed by atoms with Crippen LogP contribution < -0.4 is 5.32 Å². The number of hydrogen-bond donors (Lipinski definition) is 1. The molecule has 2 heterocycles. The van der Waals surface area contributed by atoms with Gasteiger partial charge in [-0.15, -0.1) is 0 Å². The third-order valence-electron chi connectivity index (χ3n) is 5.33. The largest absolute Gasteiger partial charge is 0.352 e. The number of aromatic nitrogens is 2. The van der Waals surface area contributed by atoms with E-state index in [2.05, 4.69) is 10.4 Å². The zero-order valence-electron chi connectivity index (χ0n) is 16.4. The van der Waals surface area contributed by atoms with E-state index in [4.69, 9.17) is 0 Å². The zero-order valence-corrected chi connectivity index (χ0v) is 16.4. The highest BCUT2D eigenvalue weighted by molar-refractivity contribution is 5.94. The van der Waals surface area contributed by atoms with Crippen molar-refractivity contribution in [1.82, 2.24) is 20.0 Å². The van der Waals surface area contributed by atoms with E-state index in [9.17, 15) is 9.59 Å². The highest BCUT2D eigenvalue weighted by Gasteiger charge is 2.18. The number of likely N-dealkylation sites (tertiary alicyclic amines) is 1. The number of nitrogens with one attached hydrogen (secondary N) is 1. The van der Waals surface area contributed by atoms with Crippen molar-refractivity contribution < 1.29 is 9.59 Å². The minimum Gasteiger partial charge on any atom is -0.352 e. The van der Waals surface area contributed by atoms with Gasteiger partial charge in [0.1, 0.15) is 0 Å². The Hall–Kier alpha value is -2.63. The molecule has 0 aliphatic carbocycles. The molecule has 6 nitrogen and oxygen atoms in total. The monoisotopic (exact) mass is 368 g/mol. The summed E-state index contributed by atoms with van der Waals surface area (Å²) in [4.78, 5) is 26.7. The van der Waals surface area contributed by atoms with Crippen LogP contribution in [0.1, 0.15) is 52.1 Å². The average molecular weight is 368 g/mol. The molecule has 144 valence electrons. The molecule has 3 rings (SSSR count). The van der Waals surface area contributed by atoms with E-state index in [0.717, 1.165) is 48.4 Å². The predicted molar refractivity (Wildman–Crippen MR) is 104 cm³/mol. The number of carbonyl (C=O) groups is 2. The fraction of sp³-hybridized carbons (Fsp3) is 0.476. The van der Waals surface area contributed by atoms with E-state index in [1.165, 1.54) is 6.42 Å². The van der Waals surface area contributed by atoms with Crippen LogP contribution in [0.4, 0.5) is 0 Å². The molecule has 0 atom stereocenters. The van der Waals surface area contributed by atoms with Crippen molar-refractivity contribution in [3.8, 4) is 0 Å². The van der Waals surface area contributed by atoms with Crippen molar-refractivity contribution in [2.45, 2.75) is 46.1 Å². The second kappa shape index (κ2) is 8.37. The molecule has 1 aromatic carbocycles. The summed E-state index contributed by atoms with van der Waals surface area (Å²) in [6.45, 7) is 6.05. The Bertz CT molecular complexity index is 817.